The molecule has 0 heterocycles. The van der Waals surface area contributed by atoms with Gasteiger partial charge >= 0.3 is 11.9 Å². The lowest BCUT2D eigenvalue weighted by atomic mass is 9.83. The van der Waals surface area contributed by atoms with E-state index in [0.29, 0.717) is 5.92 Å². The largest absolute Gasteiger partial charge is 0.429 e. The number of ether oxygens (including phenoxy) is 3. The van der Waals surface area contributed by atoms with Crippen molar-refractivity contribution in [1.29, 1.82) is 0 Å². The van der Waals surface area contributed by atoms with E-state index in [1.54, 1.807) is 0 Å². The van der Waals surface area contributed by atoms with Crippen molar-refractivity contribution in [2.75, 3.05) is 0 Å². The molecule has 0 radical (unpaired) electrons. The van der Waals surface area contributed by atoms with Crippen LogP contribution < -0.4 is 9.47 Å². The number of benzene rings is 1. The zero-order chi connectivity index (χ0) is 18.4. The summed E-state index contributed by atoms with van der Waals surface area (Å²) in [5, 5.41) is 0. The molecule has 6 nitrogen and oxygen atoms in total. The Morgan fingerprint density at radius 2 is 1.88 bits per heavy atom. The van der Waals surface area contributed by atoms with Crippen LogP contribution in [0, 0.1) is 11.8 Å². The minimum Gasteiger partial charge on any atom is -0.429 e. The van der Waals surface area contributed by atoms with Gasteiger partial charge in [0.05, 0.1) is 11.7 Å². The number of hydrogen-bond donors (Lipinski definition) is 0. The third kappa shape index (κ3) is 5.17. The van der Waals surface area contributed by atoms with Crippen LogP contribution in [-0.4, -0.2) is 18.4 Å². The second-order valence-corrected chi connectivity index (χ2v) is 6.34. The molecule has 0 spiro atoms. The molecular weight excluding hydrogens is 324 g/mol. The van der Waals surface area contributed by atoms with Crippen molar-refractivity contribution in [3.05, 3.63) is 36.1 Å². The first kappa shape index (κ1) is 18.7. The minimum atomic E-state index is -0.732. The van der Waals surface area contributed by atoms with Crippen molar-refractivity contribution < 1.29 is 28.6 Å². The Hall–Kier alpha value is -2.63. The fourth-order valence-electron chi connectivity index (χ4n) is 2.79. The summed E-state index contributed by atoms with van der Waals surface area (Å²) in [6.07, 6.45) is 3.52. The Kier molecular flexibility index (Phi) is 6.33. The molecule has 134 valence electrons. The average Bonchev–Trinajstić information content (AvgIpc) is 2.56. The van der Waals surface area contributed by atoms with Crippen LogP contribution in [0.15, 0.2) is 30.5 Å². The van der Waals surface area contributed by atoms with Gasteiger partial charge in [-0.05, 0) is 56.7 Å². The fourth-order valence-corrected chi connectivity index (χ4v) is 2.79. The molecule has 6 heteroatoms. The van der Waals surface area contributed by atoms with Crippen LogP contribution in [0.4, 0.5) is 0 Å². The van der Waals surface area contributed by atoms with Crippen LogP contribution in [-0.2, 0) is 14.3 Å². The number of esters is 2. The molecule has 0 aromatic heterocycles. The van der Waals surface area contributed by atoms with Gasteiger partial charge in [0.15, 0.2) is 0 Å². The van der Waals surface area contributed by atoms with E-state index in [2.05, 4.69) is 13.5 Å². The monoisotopic (exact) mass is 346 g/mol. The quantitative estimate of drug-likeness (QED) is 0.339. The van der Waals surface area contributed by atoms with Gasteiger partial charge in [-0.25, -0.2) is 4.79 Å². The van der Waals surface area contributed by atoms with Crippen molar-refractivity contribution in [3.8, 4) is 11.5 Å². The number of carbonyl (C=O) groups is 3. The molecule has 0 amide bonds. The van der Waals surface area contributed by atoms with Crippen molar-refractivity contribution in [2.24, 2.45) is 11.8 Å². The van der Waals surface area contributed by atoms with E-state index in [9.17, 15) is 14.4 Å². The summed E-state index contributed by atoms with van der Waals surface area (Å²) in [4.78, 5) is 35.1. The molecule has 0 bridgehead atoms. The van der Waals surface area contributed by atoms with Crippen LogP contribution in [0.3, 0.4) is 0 Å². The smallest absolute Gasteiger partial charge is 0.347 e. The third-order valence-electron chi connectivity index (χ3n) is 4.18. The van der Waals surface area contributed by atoms with Crippen LogP contribution >= 0.6 is 0 Å². The van der Waals surface area contributed by atoms with E-state index in [4.69, 9.17) is 14.2 Å². The molecule has 1 saturated carbocycles. The summed E-state index contributed by atoms with van der Waals surface area (Å²) >= 11 is 0. The van der Waals surface area contributed by atoms with Crippen molar-refractivity contribution in [3.63, 3.8) is 0 Å². The first-order chi connectivity index (χ1) is 11.9. The summed E-state index contributed by atoms with van der Waals surface area (Å²) in [6, 6.07) is 4.15. The Balaban J connectivity index is 2.20. The number of allylic oxidation sites excluding steroid dienone is 1. The van der Waals surface area contributed by atoms with Gasteiger partial charge in [-0.2, -0.15) is 0 Å². The number of rotatable bonds is 6. The molecule has 1 aromatic rings. The number of hydrogen-bond acceptors (Lipinski definition) is 6. The first-order valence-electron chi connectivity index (χ1n) is 8.24. The molecule has 0 aliphatic heterocycles. The summed E-state index contributed by atoms with van der Waals surface area (Å²) in [5.74, 6) is -0.227. The van der Waals surface area contributed by atoms with Gasteiger partial charge < -0.3 is 14.2 Å². The molecule has 1 aliphatic rings. The van der Waals surface area contributed by atoms with E-state index in [0.717, 1.165) is 25.7 Å². The lowest BCUT2D eigenvalue weighted by Crippen LogP contribution is -2.25. The lowest BCUT2D eigenvalue weighted by Gasteiger charge is -2.24. The van der Waals surface area contributed by atoms with Crippen LogP contribution in [0.2, 0.25) is 0 Å². The van der Waals surface area contributed by atoms with Crippen LogP contribution in [0.25, 0.3) is 0 Å². The van der Waals surface area contributed by atoms with Gasteiger partial charge in [0.1, 0.15) is 17.1 Å². The maximum Gasteiger partial charge on any atom is 0.347 e. The normalized spacial score (nSPS) is 19.6. The van der Waals surface area contributed by atoms with E-state index in [-0.39, 0.29) is 41.2 Å². The molecule has 2 rings (SSSR count). The van der Waals surface area contributed by atoms with Crippen LogP contribution in [0.5, 0.6) is 11.5 Å². The number of carbonyl (C=O) groups excluding carboxylic acids is 3. The zero-order valence-corrected chi connectivity index (χ0v) is 14.4. The predicted octanol–water partition coefficient (Wildman–Crippen LogP) is 3.64. The Morgan fingerprint density at radius 3 is 2.48 bits per heavy atom. The van der Waals surface area contributed by atoms with E-state index in [1.807, 2.05) is 0 Å². The maximum atomic E-state index is 12.4. The highest BCUT2D eigenvalue weighted by Crippen LogP contribution is 2.31. The Labute approximate surface area is 146 Å². The standard InChI is InChI=1S/C19H22O6/c1-12(2)24-19(22)16-10-15(23-11-20)8-9-17(16)25-18(21)14-6-4-13(3)5-7-14/h8-11,13-14H,1,4-7H2,2-3H3. The molecule has 1 aliphatic carbocycles. The zero-order valence-electron chi connectivity index (χ0n) is 14.4. The molecule has 25 heavy (non-hydrogen) atoms. The molecule has 0 saturated heterocycles. The molecule has 0 N–H and O–H groups in total. The highest BCUT2D eigenvalue weighted by Gasteiger charge is 2.27. The topological polar surface area (TPSA) is 78.9 Å². The summed E-state index contributed by atoms with van der Waals surface area (Å²) < 4.78 is 15.2. The Morgan fingerprint density at radius 1 is 1.20 bits per heavy atom. The van der Waals surface area contributed by atoms with Gasteiger partial charge in [0, 0.05) is 0 Å². The van der Waals surface area contributed by atoms with E-state index in [1.165, 1.54) is 25.1 Å². The molecule has 0 unspecified atom stereocenters. The lowest BCUT2D eigenvalue weighted by molar-refractivity contribution is -0.140. The second kappa shape index (κ2) is 8.46. The van der Waals surface area contributed by atoms with Crippen molar-refractivity contribution >= 4 is 18.4 Å². The van der Waals surface area contributed by atoms with Crippen molar-refractivity contribution in [1.82, 2.24) is 0 Å². The first-order valence-corrected chi connectivity index (χ1v) is 8.24. The minimum absolute atomic E-state index is 0.000113. The summed E-state index contributed by atoms with van der Waals surface area (Å²) in [5.41, 5.74) is -0.000113. The molecule has 1 fully saturated rings. The van der Waals surface area contributed by atoms with E-state index < -0.39 is 5.97 Å². The second-order valence-electron chi connectivity index (χ2n) is 6.34. The highest BCUT2D eigenvalue weighted by molar-refractivity contribution is 5.94. The van der Waals surface area contributed by atoms with Gasteiger partial charge in [-0.15, -0.1) is 0 Å². The Bertz CT molecular complexity index is 670. The van der Waals surface area contributed by atoms with Gasteiger partial charge in [-0.1, -0.05) is 13.5 Å². The van der Waals surface area contributed by atoms with Gasteiger partial charge in [0.2, 0.25) is 0 Å². The van der Waals surface area contributed by atoms with Gasteiger partial charge in [-0.3, -0.25) is 9.59 Å². The third-order valence-corrected chi connectivity index (χ3v) is 4.18. The predicted molar refractivity (Wildman–Crippen MR) is 90.1 cm³/mol. The molecular formula is C19H22O6. The molecule has 0 atom stereocenters. The van der Waals surface area contributed by atoms with Crippen LogP contribution in [0.1, 0.15) is 49.9 Å². The summed E-state index contributed by atoms with van der Waals surface area (Å²) in [7, 11) is 0. The summed E-state index contributed by atoms with van der Waals surface area (Å²) in [6.45, 7) is 7.45. The van der Waals surface area contributed by atoms with Gasteiger partial charge in [0.25, 0.3) is 6.47 Å². The average molecular weight is 346 g/mol. The molecule has 1 aromatic carbocycles. The highest BCUT2D eigenvalue weighted by atomic mass is 16.6. The van der Waals surface area contributed by atoms with Crippen molar-refractivity contribution in [2.45, 2.75) is 39.5 Å². The SMILES string of the molecule is C=C(C)OC(=O)c1cc(OC=O)ccc1OC(=O)C1CCC(C)CC1. The maximum absolute atomic E-state index is 12.4. The fraction of sp³-hybridized carbons (Fsp3) is 0.421. The van der Waals surface area contributed by atoms with E-state index >= 15 is 0 Å².